The van der Waals surface area contributed by atoms with Gasteiger partial charge in [-0.15, -0.1) is 0 Å². The van der Waals surface area contributed by atoms with Crippen LogP contribution in [-0.4, -0.2) is 11.2 Å². The monoisotopic (exact) mass is 146 g/mol. The summed E-state index contributed by atoms with van der Waals surface area (Å²) in [4.78, 5) is 0. The Hall–Kier alpha value is -0.820. The lowest BCUT2D eigenvalue weighted by Gasteiger charge is -2.16. The summed E-state index contributed by atoms with van der Waals surface area (Å²) in [6, 6.07) is 0. The summed E-state index contributed by atoms with van der Waals surface area (Å²) in [7, 11) is 0. The molecule has 1 heteroatoms. The lowest BCUT2D eigenvalue weighted by Crippen LogP contribution is -2.13. The third kappa shape index (κ3) is 0.641. The van der Waals surface area contributed by atoms with E-state index in [1.807, 2.05) is 0 Å². The number of aliphatic hydroxyl groups excluding tert-OH is 1. The molecular weight excluding hydrogens is 136 g/mol. The molecular formula is C10H10O. The lowest BCUT2D eigenvalue weighted by molar-refractivity contribution is 0.207. The Kier molecular flexibility index (Phi) is 0.878. The molecule has 0 heterocycles. The Balaban J connectivity index is 2.10. The predicted molar refractivity (Wildman–Crippen MR) is 43.0 cm³/mol. The fourth-order valence-electron chi connectivity index (χ4n) is 2.15. The van der Waals surface area contributed by atoms with Crippen molar-refractivity contribution >= 4 is 0 Å². The van der Waals surface area contributed by atoms with Crippen LogP contribution >= 0.6 is 0 Å². The van der Waals surface area contributed by atoms with Gasteiger partial charge < -0.3 is 5.11 Å². The van der Waals surface area contributed by atoms with Crippen LogP contribution in [0.15, 0.2) is 34.9 Å². The summed E-state index contributed by atoms with van der Waals surface area (Å²) in [5, 5.41) is 9.63. The van der Waals surface area contributed by atoms with E-state index in [0.29, 0.717) is 5.92 Å². The van der Waals surface area contributed by atoms with Crippen molar-refractivity contribution in [2.24, 2.45) is 5.92 Å². The van der Waals surface area contributed by atoms with Crippen molar-refractivity contribution in [3.05, 3.63) is 34.9 Å². The SMILES string of the molecule is OC1CC=CC2=C1C1CC1=C2. The van der Waals surface area contributed by atoms with E-state index in [1.165, 1.54) is 23.1 Å². The van der Waals surface area contributed by atoms with Gasteiger partial charge in [-0.2, -0.15) is 0 Å². The van der Waals surface area contributed by atoms with Crippen molar-refractivity contribution in [1.82, 2.24) is 0 Å². The second kappa shape index (κ2) is 1.67. The van der Waals surface area contributed by atoms with Crippen LogP contribution in [0.3, 0.4) is 0 Å². The Bertz CT molecular complexity index is 307. The molecule has 0 spiro atoms. The van der Waals surface area contributed by atoms with Gasteiger partial charge in [-0.25, -0.2) is 0 Å². The Morgan fingerprint density at radius 2 is 2.36 bits per heavy atom. The highest BCUT2D eigenvalue weighted by Crippen LogP contribution is 2.53. The maximum absolute atomic E-state index is 9.63. The highest BCUT2D eigenvalue weighted by molar-refractivity contribution is 5.58. The van der Waals surface area contributed by atoms with Gasteiger partial charge >= 0.3 is 0 Å². The lowest BCUT2D eigenvalue weighted by atomic mass is 9.94. The molecule has 0 aromatic carbocycles. The molecule has 2 unspecified atom stereocenters. The molecule has 3 rings (SSSR count). The molecule has 0 amide bonds. The van der Waals surface area contributed by atoms with E-state index >= 15 is 0 Å². The van der Waals surface area contributed by atoms with Crippen molar-refractivity contribution in [2.45, 2.75) is 18.9 Å². The van der Waals surface area contributed by atoms with Crippen LogP contribution in [-0.2, 0) is 0 Å². The molecule has 3 aliphatic rings. The van der Waals surface area contributed by atoms with Gasteiger partial charge in [0.2, 0.25) is 0 Å². The van der Waals surface area contributed by atoms with Crippen LogP contribution in [0.25, 0.3) is 0 Å². The first-order chi connectivity index (χ1) is 5.36. The van der Waals surface area contributed by atoms with Crippen molar-refractivity contribution in [3.63, 3.8) is 0 Å². The highest BCUT2D eigenvalue weighted by Gasteiger charge is 2.41. The van der Waals surface area contributed by atoms with Crippen LogP contribution in [0.4, 0.5) is 0 Å². The number of fused-ring (bicyclic) bond motifs is 2. The minimum Gasteiger partial charge on any atom is -0.388 e. The summed E-state index contributed by atoms with van der Waals surface area (Å²) in [6.45, 7) is 0. The third-order valence-corrected chi connectivity index (χ3v) is 2.79. The van der Waals surface area contributed by atoms with Gasteiger partial charge in [-0.1, -0.05) is 23.8 Å². The van der Waals surface area contributed by atoms with Gasteiger partial charge in [0, 0.05) is 5.92 Å². The van der Waals surface area contributed by atoms with Crippen molar-refractivity contribution < 1.29 is 5.11 Å². The molecule has 1 N–H and O–H groups in total. The van der Waals surface area contributed by atoms with E-state index < -0.39 is 0 Å². The molecule has 0 aromatic heterocycles. The normalized spacial score (nSPS) is 38.5. The molecule has 1 saturated carbocycles. The third-order valence-electron chi connectivity index (χ3n) is 2.79. The number of hydrogen-bond donors (Lipinski definition) is 1. The molecule has 0 aromatic rings. The minimum atomic E-state index is -0.184. The zero-order chi connectivity index (χ0) is 7.42. The molecule has 0 saturated heterocycles. The molecule has 56 valence electrons. The second-order valence-corrected chi connectivity index (χ2v) is 3.54. The Morgan fingerprint density at radius 3 is 3.18 bits per heavy atom. The van der Waals surface area contributed by atoms with Crippen LogP contribution in [0, 0.1) is 5.92 Å². The molecule has 1 fully saturated rings. The first-order valence-electron chi connectivity index (χ1n) is 4.15. The standard InChI is InChI=1S/C10H10O/c11-9-3-1-2-6-4-7-5-8(7)10(6)9/h1-2,4,8-9,11H,3,5H2. The smallest absolute Gasteiger partial charge is 0.0799 e. The number of aliphatic hydroxyl groups is 1. The van der Waals surface area contributed by atoms with Gasteiger partial charge in [0.05, 0.1) is 6.10 Å². The maximum atomic E-state index is 9.63. The Morgan fingerprint density at radius 1 is 1.45 bits per heavy atom. The summed E-state index contributed by atoms with van der Waals surface area (Å²) in [6.07, 6.45) is 8.28. The average Bonchev–Trinajstić information content (AvgIpc) is 2.62. The average molecular weight is 146 g/mol. The van der Waals surface area contributed by atoms with E-state index in [9.17, 15) is 5.11 Å². The van der Waals surface area contributed by atoms with Crippen LogP contribution in [0.2, 0.25) is 0 Å². The van der Waals surface area contributed by atoms with Gasteiger partial charge in [0.25, 0.3) is 0 Å². The molecule has 1 nitrogen and oxygen atoms in total. The van der Waals surface area contributed by atoms with Crippen LogP contribution in [0.5, 0.6) is 0 Å². The van der Waals surface area contributed by atoms with Gasteiger partial charge in [0.1, 0.15) is 0 Å². The topological polar surface area (TPSA) is 20.2 Å². The van der Waals surface area contributed by atoms with Crippen molar-refractivity contribution in [3.8, 4) is 0 Å². The van der Waals surface area contributed by atoms with E-state index in [2.05, 4.69) is 18.2 Å². The summed E-state index contributed by atoms with van der Waals surface area (Å²) in [5.41, 5.74) is 4.11. The summed E-state index contributed by atoms with van der Waals surface area (Å²) < 4.78 is 0. The van der Waals surface area contributed by atoms with Crippen molar-refractivity contribution in [1.29, 1.82) is 0 Å². The zero-order valence-electron chi connectivity index (χ0n) is 6.25. The maximum Gasteiger partial charge on any atom is 0.0799 e. The van der Waals surface area contributed by atoms with Gasteiger partial charge in [0.15, 0.2) is 0 Å². The molecule has 3 aliphatic carbocycles. The summed E-state index contributed by atoms with van der Waals surface area (Å²) >= 11 is 0. The second-order valence-electron chi connectivity index (χ2n) is 3.54. The molecule has 2 atom stereocenters. The van der Waals surface area contributed by atoms with Gasteiger partial charge in [-0.3, -0.25) is 0 Å². The fraction of sp³-hybridized carbons (Fsp3) is 0.400. The van der Waals surface area contributed by atoms with Crippen LogP contribution in [0.1, 0.15) is 12.8 Å². The van der Waals surface area contributed by atoms with Gasteiger partial charge in [-0.05, 0) is 24.0 Å². The van der Waals surface area contributed by atoms with Crippen molar-refractivity contribution in [2.75, 3.05) is 0 Å². The van der Waals surface area contributed by atoms with E-state index in [0.717, 1.165) is 6.42 Å². The predicted octanol–water partition coefficient (Wildman–Crippen LogP) is 1.56. The molecule has 0 bridgehead atoms. The number of hydrogen-bond acceptors (Lipinski definition) is 1. The number of rotatable bonds is 0. The van der Waals surface area contributed by atoms with Crippen LogP contribution < -0.4 is 0 Å². The quantitative estimate of drug-likeness (QED) is 0.550. The zero-order valence-corrected chi connectivity index (χ0v) is 6.25. The fourth-order valence-corrected chi connectivity index (χ4v) is 2.15. The van der Waals surface area contributed by atoms with E-state index in [-0.39, 0.29) is 6.10 Å². The largest absolute Gasteiger partial charge is 0.388 e. The highest BCUT2D eigenvalue weighted by atomic mass is 16.3. The molecule has 11 heavy (non-hydrogen) atoms. The Labute approximate surface area is 65.7 Å². The first-order valence-corrected chi connectivity index (χ1v) is 4.15. The molecule has 0 radical (unpaired) electrons. The number of allylic oxidation sites excluding steroid dienone is 4. The molecule has 0 aliphatic heterocycles. The summed E-state index contributed by atoms with van der Waals surface area (Å²) in [5.74, 6) is 0.643. The van der Waals surface area contributed by atoms with E-state index in [1.54, 1.807) is 0 Å². The minimum absolute atomic E-state index is 0.184. The first kappa shape index (κ1) is 5.78. The van der Waals surface area contributed by atoms with E-state index in [4.69, 9.17) is 0 Å².